The van der Waals surface area contributed by atoms with Crippen molar-refractivity contribution in [3.63, 3.8) is 0 Å². The lowest BCUT2D eigenvalue weighted by Crippen LogP contribution is -2.39. The fourth-order valence-corrected chi connectivity index (χ4v) is 2.64. The molecule has 0 aromatic carbocycles. The van der Waals surface area contributed by atoms with E-state index in [0.29, 0.717) is 24.5 Å². The molecule has 3 rings (SSSR count). The van der Waals surface area contributed by atoms with Crippen LogP contribution in [0.3, 0.4) is 0 Å². The molecule has 1 aliphatic rings. The first-order valence-electron chi connectivity index (χ1n) is 7.03. The first-order chi connectivity index (χ1) is 10.6. The Kier molecular flexibility index (Phi) is 3.66. The van der Waals surface area contributed by atoms with E-state index >= 15 is 0 Å². The number of carboxylic acid groups (broad SMARTS) is 1. The third-order valence-corrected chi connectivity index (χ3v) is 3.92. The number of carboxylic acids is 1. The third-order valence-electron chi connectivity index (χ3n) is 3.92. The quantitative estimate of drug-likeness (QED) is 0.918. The lowest BCUT2D eigenvalue weighted by molar-refractivity contribution is 0.0682. The normalized spacial score (nSPS) is 16.0. The van der Waals surface area contributed by atoms with Gasteiger partial charge in [0.25, 0.3) is 5.91 Å². The number of piperidine rings is 1. The minimum Gasteiger partial charge on any atom is -0.478 e. The van der Waals surface area contributed by atoms with E-state index in [-0.39, 0.29) is 17.5 Å². The van der Waals surface area contributed by atoms with Gasteiger partial charge in [0, 0.05) is 19.3 Å². The molecule has 22 heavy (non-hydrogen) atoms. The van der Waals surface area contributed by atoms with Crippen LogP contribution >= 0.6 is 0 Å². The van der Waals surface area contributed by atoms with Gasteiger partial charge in [-0.15, -0.1) is 0 Å². The van der Waals surface area contributed by atoms with Crippen LogP contribution in [-0.4, -0.2) is 49.7 Å². The van der Waals surface area contributed by atoms with Crippen LogP contribution in [0.4, 0.5) is 0 Å². The van der Waals surface area contributed by atoms with Gasteiger partial charge < -0.3 is 14.4 Å². The molecule has 1 aliphatic heterocycles. The molecule has 8 nitrogen and oxygen atoms in total. The summed E-state index contributed by atoms with van der Waals surface area (Å²) in [5.74, 6) is -0.595. The van der Waals surface area contributed by atoms with E-state index in [1.807, 2.05) is 0 Å². The van der Waals surface area contributed by atoms with Crippen LogP contribution in [0.15, 0.2) is 23.2 Å². The second-order valence-corrected chi connectivity index (χ2v) is 5.29. The maximum atomic E-state index is 12.3. The van der Waals surface area contributed by atoms with Gasteiger partial charge in [0.15, 0.2) is 12.1 Å². The predicted octanol–water partition coefficient (Wildman–Crippen LogP) is 1.36. The molecule has 2 aromatic heterocycles. The molecule has 0 unspecified atom stereocenters. The number of oxazole rings is 1. The van der Waals surface area contributed by atoms with Crippen molar-refractivity contribution in [2.75, 3.05) is 13.1 Å². The molecule has 0 atom stereocenters. The lowest BCUT2D eigenvalue weighted by Gasteiger charge is -2.31. The van der Waals surface area contributed by atoms with Crippen molar-refractivity contribution in [1.82, 2.24) is 19.7 Å². The molecule has 0 saturated carbocycles. The number of hydrogen-bond donors (Lipinski definition) is 1. The summed E-state index contributed by atoms with van der Waals surface area (Å²) in [5.41, 5.74) is 0.530. The number of nitrogens with zero attached hydrogens (tertiary/aromatic N) is 4. The zero-order valence-electron chi connectivity index (χ0n) is 12.1. The Labute approximate surface area is 126 Å². The second kappa shape index (κ2) is 5.63. The highest BCUT2D eigenvalue weighted by Crippen LogP contribution is 2.23. The van der Waals surface area contributed by atoms with Crippen LogP contribution < -0.4 is 0 Å². The molecule has 1 saturated heterocycles. The van der Waals surface area contributed by atoms with Crippen LogP contribution in [0.5, 0.6) is 0 Å². The van der Waals surface area contributed by atoms with Crippen molar-refractivity contribution in [2.45, 2.75) is 25.8 Å². The van der Waals surface area contributed by atoms with E-state index in [4.69, 9.17) is 9.52 Å². The molecule has 0 spiro atoms. The molecule has 8 heteroatoms. The molecular formula is C14H16N4O4. The standard InChI is InChI=1S/C14H16N4O4/c1-9-12(15-8-22-9)13(19)17-4-2-11(3-5-17)18-7-10(6-16-18)14(20)21/h6-8,11H,2-5H2,1H3,(H,20,21). The minimum absolute atomic E-state index is 0.107. The van der Waals surface area contributed by atoms with Crippen LogP contribution in [-0.2, 0) is 0 Å². The number of rotatable bonds is 3. The number of aryl methyl sites for hydroxylation is 1. The smallest absolute Gasteiger partial charge is 0.338 e. The Balaban J connectivity index is 1.63. The summed E-state index contributed by atoms with van der Waals surface area (Å²) in [6.07, 6.45) is 5.60. The van der Waals surface area contributed by atoms with Crippen LogP contribution in [0.1, 0.15) is 45.5 Å². The van der Waals surface area contributed by atoms with Crippen molar-refractivity contribution in [3.05, 3.63) is 35.8 Å². The van der Waals surface area contributed by atoms with E-state index < -0.39 is 5.97 Å². The fourth-order valence-electron chi connectivity index (χ4n) is 2.64. The summed E-state index contributed by atoms with van der Waals surface area (Å²) in [4.78, 5) is 28.9. The van der Waals surface area contributed by atoms with Gasteiger partial charge in [0.05, 0.1) is 17.8 Å². The molecule has 1 amide bonds. The average Bonchev–Trinajstić information content (AvgIpc) is 3.15. The number of aromatic carboxylic acids is 1. The van der Waals surface area contributed by atoms with Crippen LogP contribution in [0.2, 0.25) is 0 Å². The van der Waals surface area contributed by atoms with E-state index in [2.05, 4.69) is 10.1 Å². The first-order valence-corrected chi connectivity index (χ1v) is 7.03. The van der Waals surface area contributed by atoms with Crippen molar-refractivity contribution in [3.8, 4) is 0 Å². The molecule has 0 bridgehead atoms. The molecule has 0 radical (unpaired) electrons. The lowest BCUT2D eigenvalue weighted by atomic mass is 10.0. The van der Waals surface area contributed by atoms with Crippen molar-refractivity contribution >= 4 is 11.9 Å². The maximum Gasteiger partial charge on any atom is 0.338 e. The molecule has 2 aromatic rings. The molecule has 1 fully saturated rings. The van der Waals surface area contributed by atoms with Crippen molar-refractivity contribution < 1.29 is 19.1 Å². The summed E-state index contributed by atoms with van der Waals surface area (Å²) in [7, 11) is 0. The third kappa shape index (κ3) is 2.59. The predicted molar refractivity (Wildman–Crippen MR) is 74.6 cm³/mol. The first kappa shape index (κ1) is 14.3. The zero-order chi connectivity index (χ0) is 15.7. The van der Waals surface area contributed by atoms with Gasteiger partial charge in [0.1, 0.15) is 5.76 Å². The second-order valence-electron chi connectivity index (χ2n) is 5.29. The molecular weight excluding hydrogens is 288 g/mol. The molecule has 0 aliphatic carbocycles. The Bertz CT molecular complexity index is 697. The summed E-state index contributed by atoms with van der Waals surface area (Å²) in [6.45, 7) is 2.88. The Hall–Kier alpha value is -2.64. The monoisotopic (exact) mass is 304 g/mol. The van der Waals surface area contributed by atoms with Gasteiger partial charge in [-0.05, 0) is 19.8 Å². The van der Waals surface area contributed by atoms with Gasteiger partial charge in [-0.25, -0.2) is 9.78 Å². The SMILES string of the molecule is Cc1ocnc1C(=O)N1CCC(n2cc(C(=O)O)cn2)CC1. The topological polar surface area (TPSA) is 101 Å². The van der Waals surface area contributed by atoms with E-state index in [1.165, 1.54) is 18.8 Å². The Morgan fingerprint density at radius 3 is 2.64 bits per heavy atom. The van der Waals surface area contributed by atoms with Crippen LogP contribution in [0.25, 0.3) is 0 Å². The molecule has 1 N–H and O–H groups in total. The highest BCUT2D eigenvalue weighted by atomic mass is 16.4. The Morgan fingerprint density at radius 1 is 1.36 bits per heavy atom. The summed E-state index contributed by atoms with van der Waals surface area (Å²) in [6, 6.07) is 0.107. The van der Waals surface area contributed by atoms with Gasteiger partial charge in [-0.2, -0.15) is 5.10 Å². The van der Waals surface area contributed by atoms with E-state index in [9.17, 15) is 9.59 Å². The summed E-state index contributed by atoms with van der Waals surface area (Å²) < 4.78 is 6.74. The summed E-state index contributed by atoms with van der Waals surface area (Å²) >= 11 is 0. The minimum atomic E-state index is -0.986. The number of carbonyl (C=O) groups is 2. The van der Waals surface area contributed by atoms with Gasteiger partial charge in [0.2, 0.25) is 0 Å². The van der Waals surface area contributed by atoms with Crippen molar-refractivity contribution in [2.24, 2.45) is 0 Å². The zero-order valence-corrected chi connectivity index (χ0v) is 12.1. The molecule has 116 valence electrons. The summed E-state index contributed by atoms with van der Waals surface area (Å²) in [5, 5.41) is 13.0. The average molecular weight is 304 g/mol. The highest BCUT2D eigenvalue weighted by Gasteiger charge is 2.27. The van der Waals surface area contributed by atoms with Gasteiger partial charge in [-0.1, -0.05) is 0 Å². The number of carbonyl (C=O) groups excluding carboxylic acids is 1. The maximum absolute atomic E-state index is 12.3. The number of likely N-dealkylation sites (tertiary alicyclic amines) is 1. The molecule has 3 heterocycles. The van der Waals surface area contributed by atoms with Crippen molar-refractivity contribution in [1.29, 1.82) is 0 Å². The fraction of sp³-hybridized carbons (Fsp3) is 0.429. The Morgan fingerprint density at radius 2 is 2.09 bits per heavy atom. The number of aromatic nitrogens is 3. The largest absolute Gasteiger partial charge is 0.478 e. The van der Waals surface area contributed by atoms with E-state index in [1.54, 1.807) is 16.5 Å². The highest BCUT2D eigenvalue weighted by molar-refractivity contribution is 5.93. The van der Waals surface area contributed by atoms with E-state index in [0.717, 1.165) is 12.8 Å². The van der Waals surface area contributed by atoms with Gasteiger partial charge in [-0.3, -0.25) is 9.48 Å². The van der Waals surface area contributed by atoms with Crippen LogP contribution in [0, 0.1) is 6.92 Å². The number of hydrogen-bond acceptors (Lipinski definition) is 5. The van der Waals surface area contributed by atoms with Gasteiger partial charge >= 0.3 is 5.97 Å². The number of amides is 1.